The van der Waals surface area contributed by atoms with E-state index in [1.165, 1.54) is 24.3 Å². The van der Waals surface area contributed by atoms with E-state index >= 15 is 0 Å². The summed E-state index contributed by atoms with van der Waals surface area (Å²) in [5, 5.41) is 0. The maximum Gasteiger partial charge on any atom is 0.284 e. The summed E-state index contributed by atoms with van der Waals surface area (Å²) < 4.78 is 60.0. The zero-order valence-electron chi connectivity index (χ0n) is 22.1. The number of nitrogens with zero attached hydrogens (tertiary/aromatic N) is 4. The van der Waals surface area contributed by atoms with E-state index in [4.69, 9.17) is 0 Å². The Balaban J connectivity index is 1.60. The van der Waals surface area contributed by atoms with Crippen LogP contribution in [-0.2, 0) is 15.6 Å². The molecule has 2 heterocycles. The first-order chi connectivity index (χ1) is 19.2. The van der Waals surface area contributed by atoms with Crippen LogP contribution in [-0.4, -0.2) is 34.0 Å². The Labute approximate surface area is 232 Å². The number of sulfonamides is 1. The molecule has 0 N–H and O–H groups in total. The largest absolute Gasteiger partial charge is 0.351 e. The van der Waals surface area contributed by atoms with Gasteiger partial charge in [-0.15, -0.1) is 4.40 Å². The van der Waals surface area contributed by atoms with Crippen molar-refractivity contribution in [3.63, 3.8) is 0 Å². The SMILES string of the molecule is CCN1/C(=N/S(=O)(=O)c2ccc(C)cc2)[C@@]2(CN(c3ccc(F)cc3)CN2c2ccc(F)cc2)c2ccccc21. The highest BCUT2D eigenvalue weighted by molar-refractivity contribution is 7.90. The van der Waals surface area contributed by atoms with Crippen molar-refractivity contribution < 1.29 is 17.2 Å². The molecule has 1 spiro atoms. The Morgan fingerprint density at radius 1 is 0.825 bits per heavy atom. The number of hydrogen-bond donors (Lipinski definition) is 0. The first kappa shape index (κ1) is 26.0. The van der Waals surface area contributed by atoms with Gasteiger partial charge in [0.1, 0.15) is 17.2 Å². The maximum absolute atomic E-state index is 14.0. The number of halogens is 2. The highest BCUT2D eigenvalue weighted by atomic mass is 32.2. The summed E-state index contributed by atoms with van der Waals surface area (Å²) in [6, 6.07) is 26.8. The van der Waals surface area contributed by atoms with E-state index < -0.39 is 15.6 Å². The molecule has 1 saturated heterocycles. The minimum Gasteiger partial charge on any atom is -0.351 e. The van der Waals surface area contributed by atoms with Crippen LogP contribution in [0.25, 0.3) is 0 Å². The van der Waals surface area contributed by atoms with Crippen molar-refractivity contribution in [3.8, 4) is 0 Å². The lowest BCUT2D eigenvalue weighted by Crippen LogP contribution is -2.52. The number of hydrogen-bond acceptors (Lipinski definition) is 4. The first-order valence-corrected chi connectivity index (χ1v) is 14.5. The predicted molar refractivity (Wildman–Crippen MR) is 154 cm³/mol. The van der Waals surface area contributed by atoms with Crippen molar-refractivity contribution in [2.75, 3.05) is 34.5 Å². The van der Waals surface area contributed by atoms with Crippen molar-refractivity contribution in [2.24, 2.45) is 4.40 Å². The predicted octanol–water partition coefficient (Wildman–Crippen LogP) is 6.08. The van der Waals surface area contributed by atoms with Gasteiger partial charge in [0.2, 0.25) is 0 Å². The van der Waals surface area contributed by atoms with Gasteiger partial charge in [0.05, 0.1) is 18.1 Å². The van der Waals surface area contributed by atoms with Crippen molar-refractivity contribution >= 4 is 32.9 Å². The number of anilines is 3. The van der Waals surface area contributed by atoms with Gasteiger partial charge in [0.25, 0.3) is 10.0 Å². The van der Waals surface area contributed by atoms with Gasteiger partial charge in [-0.05, 0) is 80.6 Å². The quantitative estimate of drug-likeness (QED) is 0.297. The second-order valence-corrected chi connectivity index (χ2v) is 11.6. The normalized spacial score (nSPS) is 19.6. The number of para-hydroxylation sites is 1. The molecule has 40 heavy (non-hydrogen) atoms. The van der Waals surface area contributed by atoms with Crippen LogP contribution >= 0.6 is 0 Å². The van der Waals surface area contributed by atoms with E-state index in [0.717, 1.165) is 22.5 Å². The Bertz CT molecular complexity index is 1690. The highest BCUT2D eigenvalue weighted by Gasteiger charge is 2.58. The number of aryl methyl sites for hydroxylation is 1. The van der Waals surface area contributed by atoms with Gasteiger partial charge in [0.15, 0.2) is 5.84 Å². The molecule has 204 valence electrons. The van der Waals surface area contributed by atoms with E-state index in [-0.39, 0.29) is 16.5 Å². The standard InChI is InChI=1S/C31H28F2N4O2S/c1-3-36-29-7-5-4-6-28(29)31(30(36)34-40(38,39)27-18-8-22(2)9-19-27)20-35(25-14-10-23(32)11-15-25)21-37(31)26-16-12-24(33)13-17-26/h4-19H,3,20-21H2,1-2H3/b34-30+/t31-/m1/s1. The molecule has 0 saturated carbocycles. The number of fused-ring (bicyclic) bond motifs is 2. The smallest absolute Gasteiger partial charge is 0.284 e. The van der Waals surface area contributed by atoms with Crippen LogP contribution in [0.4, 0.5) is 25.8 Å². The lowest BCUT2D eigenvalue weighted by molar-refractivity contribution is 0.595. The molecule has 4 aromatic rings. The van der Waals surface area contributed by atoms with Crippen LogP contribution in [0.2, 0.25) is 0 Å². The third-order valence-electron chi connectivity index (χ3n) is 7.63. The summed E-state index contributed by atoms with van der Waals surface area (Å²) in [6.07, 6.45) is 0. The van der Waals surface area contributed by atoms with Crippen LogP contribution in [0, 0.1) is 18.6 Å². The summed E-state index contributed by atoms with van der Waals surface area (Å²) in [6.45, 7) is 5.01. The number of amidine groups is 1. The second-order valence-electron chi connectivity index (χ2n) is 10.0. The summed E-state index contributed by atoms with van der Waals surface area (Å²) in [5.74, 6) is -0.348. The lowest BCUT2D eigenvalue weighted by atomic mass is 9.89. The Morgan fingerprint density at radius 2 is 1.43 bits per heavy atom. The van der Waals surface area contributed by atoms with Crippen molar-refractivity contribution in [1.82, 2.24) is 0 Å². The van der Waals surface area contributed by atoms with Crippen LogP contribution in [0.5, 0.6) is 0 Å². The van der Waals surface area contributed by atoms with Gasteiger partial charge in [-0.3, -0.25) is 0 Å². The zero-order valence-corrected chi connectivity index (χ0v) is 22.9. The fourth-order valence-corrected chi connectivity index (χ4v) is 6.77. The first-order valence-electron chi connectivity index (χ1n) is 13.1. The minimum atomic E-state index is -4.09. The van der Waals surface area contributed by atoms with Crippen LogP contribution in [0.3, 0.4) is 0 Å². The van der Waals surface area contributed by atoms with E-state index in [0.29, 0.717) is 31.3 Å². The molecule has 1 atom stereocenters. The average Bonchev–Trinajstić information content (AvgIpc) is 3.46. The third-order valence-corrected chi connectivity index (χ3v) is 8.91. The highest BCUT2D eigenvalue weighted by Crippen LogP contribution is 2.50. The van der Waals surface area contributed by atoms with Gasteiger partial charge < -0.3 is 14.7 Å². The monoisotopic (exact) mass is 558 g/mol. The van der Waals surface area contributed by atoms with Gasteiger partial charge in [-0.25, -0.2) is 8.78 Å². The van der Waals surface area contributed by atoms with Gasteiger partial charge in [-0.2, -0.15) is 8.42 Å². The van der Waals surface area contributed by atoms with Gasteiger partial charge in [-0.1, -0.05) is 35.9 Å². The second kappa shape index (κ2) is 9.75. The topological polar surface area (TPSA) is 56.2 Å². The molecule has 4 aromatic carbocycles. The molecule has 0 aliphatic carbocycles. The van der Waals surface area contributed by atoms with E-state index in [1.807, 2.05) is 43.0 Å². The molecule has 9 heteroatoms. The molecule has 0 radical (unpaired) electrons. The molecule has 2 aliphatic rings. The third kappa shape index (κ3) is 4.21. The van der Waals surface area contributed by atoms with E-state index in [2.05, 4.69) is 14.2 Å². The Hall–Kier alpha value is -4.24. The molecule has 6 nitrogen and oxygen atoms in total. The van der Waals surface area contributed by atoms with Crippen LogP contribution in [0.15, 0.2) is 106 Å². The van der Waals surface area contributed by atoms with Gasteiger partial charge in [0, 0.05) is 29.2 Å². The van der Waals surface area contributed by atoms with Gasteiger partial charge >= 0.3 is 0 Å². The molecule has 0 bridgehead atoms. The minimum absolute atomic E-state index is 0.106. The maximum atomic E-state index is 14.0. The molecule has 1 fully saturated rings. The summed E-state index contributed by atoms with van der Waals surface area (Å²) in [4.78, 5) is 6.17. The number of likely N-dealkylation sites (N-methyl/N-ethyl adjacent to an activating group) is 1. The lowest BCUT2D eigenvalue weighted by Gasteiger charge is -2.36. The number of rotatable bonds is 5. The number of benzene rings is 4. The summed E-state index contributed by atoms with van der Waals surface area (Å²) in [7, 11) is -4.09. The molecule has 6 rings (SSSR count). The molecule has 0 aromatic heterocycles. The average molecular weight is 559 g/mol. The van der Waals surface area contributed by atoms with E-state index in [9.17, 15) is 17.2 Å². The Kier molecular flexibility index (Phi) is 6.34. The van der Waals surface area contributed by atoms with Crippen molar-refractivity contribution in [2.45, 2.75) is 24.3 Å². The van der Waals surface area contributed by atoms with E-state index in [1.54, 1.807) is 48.5 Å². The molecule has 0 amide bonds. The fourth-order valence-electron chi connectivity index (χ4n) is 5.71. The molecule has 2 aliphatic heterocycles. The van der Waals surface area contributed by atoms with Crippen LogP contribution in [0.1, 0.15) is 18.1 Å². The summed E-state index contributed by atoms with van der Waals surface area (Å²) in [5.41, 5.74) is 3.15. The van der Waals surface area contributed by atoms with Crippen molar-refractivity contribution in [1.29, 1.82) is 0 Å². The Morgan fingerprint density at radius 3 is 2.05 bits per heavy atom. The fraction of sp³-hybridized carbons (Fsp3) is 0.194. The molecule has 0 unspecified atom stereocenters. The molecular formula is C31H28F2N4O2S. The summed E-state index contributed by atoms with van der Waals surface area (Å²) >= 11 is 0. The zero-order chi connectivity index (χ0) is 28.1. The van der Waals surface area contributed by atoms with Crippen LogP contribution < -0.4 is 14.7 Å². The molecular weight excluding hydrogens is 530 g/mol. The van der Waals surface area contributed by atoms with Crippen molar-refractivity contribution in [3.05, 3.63) is 120 Å².